The largest absolute Gasteiger partial charge is 0.103 e. The van der Waals surface area contributed by atoms with Crippen LogP contribution in [0.3, 0.4) is 0 Å². The Morgan fingerprint density at radius 2 is 1.79 bits per heavy atom. The van der Waals surface area contributed by atoms with Gasteiger partial charge >= 0.3 is 0 Å². The van der Waals surface area contributed by atoms with Crippen molar-refractivity contribution in [2.75, 3.05) is 0 Å². The molecule has 14 heavy (non-hydrogen) atoms. The number of allylic oxidation sites excluding steroid dienone is 5. The van der Waals surface area contributed by atoms with Crippen LogP contribution in [0.15, 0.2) is 36.0 Å². The van der Waals surface area contributed by atoms with Crippen molar-refractivity contribution in [1.82, 2.24) is 0 Å². The maximum absolute atomic E-state index is 3.71. The Bertz CT molecular complexity index is 206. The van der Waals surface area contributed by atoms with Crippen LogP contribution >= 0.6 is 0 Å². The molecule has 0 aromatic heterocycles. The van der Waals surface area contributed by atoms with E-state index in [-0.39, 0.29) is 0 Å². The molecule has 0 radical (unpaired) electrons. The molecule has 0 saturated heterocycles. The Balaban J connectivity index is 3.81. The number of unbranched alkanes of at least 4 members (excludes halogenated alkanes) is 1. The van der Waals surface area contributed by atoms with E-state index in [0.29, 0.717) is 0 Å². The summed E-state index contributed by atoms with van der Waals surface area (Å²) in [5.74, 6) is 0. The summed E-state index contributed by atoms with van der Waals surface area (Å²) in [5, 5.41) is 0. The van der Waals surface area contributed by atoms with Gasteiger partial charge in [-0.2, -0.15) is 0 Å². The Labute approximate surface area is 89.4 Å². The van der Waals surface area contributed by atoms with Gasteiger partial charge in [0.05, 0.1) is 0 Å². The first kappa shape index (κ1) is 13.2. The van der Waals surface area contributed by atoms with Crippen molar-refractivity contribution < 1.29 is 0 Å². The highest BCUT2D eigenvalue weighted by molar-refractivity contribution is 5.09. The second kappa shape index (κ2) is 8.80. The normalized spacial score (nSPS) is 13.1. The molecular weight excluding hydrogens is 168 g/mol. The zero-order valence-electron chi connectivity index (χ0n) is 9.97. The highest BCUT2D eigenvalue weighted by Gasteiger charge is 1.89. The third-order valence-corrected chi connectivity index (χ3v) is 2.28. The van der Waals surface area contributed by atoms with Crippen LogP contribution < -0.4 is 0 Å². The molecule has 0 heteroatoms. The fraction of sp³-hybridized carbons (Fsp3) is 0.571. The van der Waals surface area contributed by atoms with Gasteiger partial charge in [0.2, 0.25) is 0 Å². The third-order valence-electron chi connectivity index (χ3n) is 2.28. The fourth-order valence-electron chi connectivity index (χ4n) is 1.36. The summed E-state index contributed by atoms with van der Waals surface area (Å²) < 4.78 is 0. The van der Waals surface area contributed by atoms with E-state index in [1.165, 1.54) is 24.0 Å². The van der Waals surface area contributed by atoms with E-state index < -0.39 is 0 Å². The summed E-state index contributed by atoms with van der Waals surface area (Å²) in [4.78, 5) is 0. The summed E-state index contributed by atoms with van der Waals surface area (Å²) >= 11 is 0. The lowest BCUT2D eigenvalue weighted by atomic mass is 10.1. The van der Waals surface area contributed by atoms with E-state index in [0.717, 1.165) is 19.3 Å². The van der Waals surface area contributed by atoms with Crippen LogP contribution in [0.25, 0.3) is 0 Å². The summed E-state index contributed by atoms with van der Waals surface area (Å²) in [7, 11) is 0. The van der Waals surface area contributed by atoms with Gasteiger partial charge in [-0.1, -0.05) is 42.7 Å². The Hall–Kier alpha value is -0.780. The van der Waals surface area contributed by atoms with Crippen LogP contribution in [0, 0.1) is 0 Å². The van der Waals surface area contributed by atoms with Crippen LogP contribution in [0.5, 0.6) is 0 Å². The molecule has 0 aromatic carbocycles. The van der Waals surface area contributed by atoms with Crippen molar-refractivity contribution in [2.24, 2.45) is 0 Å². The average molecular weight is 192 g/mol. The van der Waals surface area contributed by atoms with Gasteiger partial charge in [-0.3, -0.25) is 0 Å². The molecule has 0 amide bonds. The summed E-state index contributed by atoms with van der Waals surface area (Å²) in [6.07, 6.45) is 12.5. The maximum Gasteiger partial charge on any atom is -0.0139 e. The minimum Gasteiger partial charge on any atom is -0.103 e. The van der Waals surface area contributed by atoms with E-state index in [1.807, 2.05) is 6.08 Å². The predicted molar refractivity (Wildman–Crippen MR) is 66.5 cm³/mol. The topological polar surface area (TPSA) is 0 Å². The predicted octanol–water partition coefficient (Wildman–Crippen LogP) is 5.04. The minimum absolute atomic E-state index is 1.09. The molecule has 0 aliphatic rings. The molecule has 0 spiro atoms. The van der Waals surface area contributed by atoms with Crippen molar-refractivity contribution in [3.8, 4) is 0 Å². The van der Waals surface area contributed by atoms with Gasteiger partial charge in [-0.15, -0.1) is 6.58 Å². The molecule has 0 aliphatic carbocycles. The number of hydrogen-bond acceptors (Lipinski definition) is 0. The van der Waals surface area contributed by atoms with Crippen LogP contribution in [0.2, 0.25) is 0 Å². The Kier molecular flexibility index (Phi) is 8.31. The lowest BCUT2D eigenvalue weighted by Gasteiger charge is -1.99. The SMILES string of the molecule is C=CCCC=C(C)CC=C(C)CCC. The zero-order valence-corrected chi connectivity index (χ0v) is 9.97. The van der Waals surface area contributed by atoms with Crippen molar-refractivity contribution in [3.05, 3.63) is 36.0 Å². The maximum atomic E-state index is 3.71. The van der Waals surface area contributed by atoms with E-state index in [1.54, 1.807) is 0 Å². The van der Waals surface area contributed by atoms with Crippen LogP contribution in [-0.2, 0) is 0 Å². The highest BCUT2D eigenvalue weighted by Crippen LogP contribution is 2.09. The number of rotatable bonds is 7. The molecule has 0 aliphatic heterocycles. The molecule has 0 unspecified atom stereocenters. The molecule has 80 valence electrons. The third kappa shape index (κ3) is 7.85. The van der Waals surface area contributed by atoms with E-state index in [4.69, 9.17) is 0 Å². The molecule has 0 nitrogen and oxygen atoms in total. The summed E-state index contributed by atoms with van der Waals surface area (Å²) in [6, 6.07) is 0. The molecule has 0 bridgehead atoms. The number of hydrogen-bond donors (Lipinski definition) is 0. The molecule has 0 rings (SSSR count). The van der Waals surface area contributed by atoms with Gasteiger partial charge < -0.3 is 0 Å². The molecule has 0 heterocycles. The monoisotopic (exact) mass is 192 g/mol. The quantitative estimate of drug-likeness (QED) is 0.392. The highest BCUT2D eigenvalue weighted by atomic mass is 14.0. The van der Waals surface area contributed by atoms with E-state index >= 15 is 0 Å². The Morgan fingerprint density at radius 1 is 1.07 bits per heavy atom. The smallest absolute Gasteiger partial charge is 0.0139 e. The van der Waals surface area contributed by atoms with Crippen molar-refractivity contribution >= 4 is 0 Å². The molecule has 0 fully saturated rings. The van der Waals surface area contributed by atoms with E-state index in [9.17, 15) is 0 Å². The van der Waals surface area contributed by atoms with Crippen molar-refractivity contribution in [2.45, 2.75) is 52.9 Å². The van der Waals surface area contributed by atoms with Gasteiger partial charge in [0.15, 0.2) is 0 Å². The second-order valence-electron chi connectivity index (χ2n) is 3.92. The van der Waals surface area contributed by atoms with Gasteiger partial charge in [-0.05, 0) is 39.5 Å². The average Bonchev–Trinajstić information content (AvgIpc) is 2.16. The first-order valence-electron chi connectivity index (χ1n) is 5.62. The van der Waals surface area contributed by atoms with Crippen molar-refractivity contribution in [1.29, 1.82) is 0 Å². The van der Waals surface area contributed by atoms with Gasteiger partial charge in [0, 0.05) is 0 Å². The van der Waals surface area contributed by atoms with Gasteiger partial charge in [0.1, 0.15) is 0 Å². The van der Waals surface area contributed by atoms with E-state index in [2.05, 4.69) is 39.5 Å². The lowest BCUT2D eigenvalue weighted by Crippen LogP contribution is -1.79. The minimum atomic E-state index is 1.09. The lowest BCUT2D eigenvalue weighted by molar-refractivity contribution is 0.896. The first-order chi connectivity index (χ1) is 6.70. The van der Waals surface area contributed by atoms with Crippen LogP contribution in [0.1, 0.15) is 52.9 Å². The van der Waals surface area contributed by atoms with Crippen LogP contribution in [0.4, 0.5) is 0 Å². The summed E-state index contributed by atoms with van der Waals surface area (Å²) in [5.41, 5.74) is 2.99. The molecule has 0 aromatic rings. The molecule has 0 N–H and O–H groups in total. The van der Waals surface area contributed by atoms with Gasteiger partial charge in [0.25, 0.3) is 0 Å². The fourth-order valence-corrected chi connectivity index (χ4v) is 1.36. The molecule has 0 atom stereocenters. The zero-order chi connectivity index (χ0) is 10.8. The first-order valence-corrected chi connectivity index (χ1v) is 5.62. The van der Waals surface area contributed by atoms with Crippen LogP contribution in [-0.4, -0.2) is 0 Å². The standard InChI is InChI=1S/C14H24/c1-5-7-8-10-14(4)12-11-13(3)9-6-2/h5,10-11H,1,6-9,12H2,2-4H3. The molecular formula is C14H24. The van der Waals surface area contributed by atoms with Gasteiger partial charge in [-0.25, -0.2) is 0 Å². The van der Waals surface area contributed by atoms with Crippen molar-refractivity contribution in [3.63, 3.8) is 0 Å². The molecule has 0 saturated carbocycles. The summed E-state index contributed by atoms with van der Waals surface area (Å²) in [6.45, 7) is 10.4. The second-order valence-corrected chi connectivity index (χ2v) is 3.92. The Morgan fingerprint density at radius 3 is 2.36 bits per heavy atom.